The summed E-state index contributed by atoms with van der Waals surface area (Å²) >= 11 is 0. The number of benzene rings is 2. The van der Waals surface area contributed by atoms with Gasteiger partial charge in [-0.05, 0) is 49.7 Å². The molecule has 0 bridgehead atoms. The van der Waals surface area contributed by atoms with Crippen molar-refractivity contribution >= 4 is 5.91 Å². The number of methoxy groups -OCH3 is 2. The summed E-state index contributed by atoms with van der Waals surface area (Å²) in [5, 5.41) is 6.77. The van der Waals surface area contributed by atoms with Gasteiger partial charge in [-0.15, -0.1) is 0 Å². The molecular weight excluding hydrogens is 411 g/mol. The second-order valence-corrected chi connectivity index (χ2v) is 6.96. The van der Waals surface area contributed by atoms with Crippen LogP contribution in [0.1, 0.15) is 32.9 Å². The molecule has 0 aliphatic heterocycles. The van der Waals surface area contributed by atoms with E-state index in [2.05, 4.69) is 10.4 Å². The molecule has 31 heavy (non-hydrogen) atoms. The lowest BCUT2D eigenvalue weighted by molar-refractivity contribution is -0.138. The highest BCUT2D eigenvalue weighted by Gasteiger charge is 2.34. The summed E-state index contributed by atoms with van der Waals surface area (Å²) < 4.78 is 52.9. The highest BCUT2D eigenvalue weighted by Crippen LogP contribution is 2.34. The van der Waals surface area contributed by atoms with E-state index in [1.807, 2.05) is 0 Å². The molecule has 3 aromatic rings. The first-order valence-corrected chi connectivity index (χ1v) is 9.37. The number of aromatic nitrogens is 2. The zero-order valence-electron chi connectivity index (χ0n) is 17.5. The maximum Gasteiger partial charge on any atom is 0.416 e. The van der Waals surface area contributed by atoms with Gasteiger partial charge < -0.3 is 14.8 Å². The van der Waals surface area contributed by atoms with Gasteiger partial charge in [0.15, 0.2) is 0 Å². The lowest BCUT2D eigenvalue weighted by atomic mass is 10.1. The van der Waals surface area contributed by atoms with Gasteiger partial charge in [0.1, 0.15) is 11.5 Å². The fraction of sp³-hybridized carbons (Fsp3) is 0.273. The second kappa shape index (κ2) is 8.71. The number of halogens is 3. The quantitative estimate of drug-likeness (QED) is 0.624. The Labute approximate surface area is 177 Å². The van der Waals surface area contributed by atoms with Gasteiger partial charge in [0, 0.05) is 23.9 Å². The Bertz CT molecular complexity index is 1080. The Hall–Kier alpha value is -3.49. The van der Waals surface area contributed by atoms with E-state index in [-0.39, 0.29) is 17.7 Å². The summed E-state index contributed by atoms with van der Waals surface area (Å²) in [7, 11) is 2.88. The number of ether oxygens (including phenoxy) is 2. The maximum absolute atomic E-state index is 13.7. The van der Waals surface area contributed by atoms with Crippen molar-refractivity contribution in [1.82, 2.24) is 15.1 Å². The molecule has 1 amide bonds. The number of carbonyl (C=O) groups is 1. The van der Waals surface area contributed by atoms with Crippen molar-refractivity contribution in [2.75, 3.05) is 14.2 Å². The summed E-state index contributed by atoms with van der Waals surface area (Å²) in [5.41, 5.74) is 1.05. The van der Waals surface area contributed by atoms with Crippen LogP contribution in [0.5, 0.6) is 11.5 Å². The largest absolute Gasteiger partial charge is 0.497 e. The van der Waals surface area contributed by atoms with Gasteiger partial charge in [0.25, 0.3) is 5.91 Å². The van der Waals surface area contributed by atoms with E-state index in [0.717, 1.165) is 11.8 Å². The van der Waals surface area contributed by atoms with Gasteiger partial charge in [-0.2, -0.15) is 18.3 Å². The van der Waals surface area contributed by atoms with E-state index in [1.54, 1.807) is 32.0 Å². The molecule has 0 fully saturated rings. The van der Waals surface area contributed by atoms with Gasteiger partial charge in [-0.25, -0.2) is 4.68 Å². The summed E-state index contributed by atoms with van der Waals surface area (Å²) in [4.78, 5) is 12.5. The number of nitrogens with zero attached hydrogens (tertiary/aromatic N) is 2. The molecular formula is C22H22F3N3O3. The van der Waals surface area contributed by atoms with E-state index >= 15 is 0 Å². The van der Waals surface area contributed by atoms with Crippen LogP contribution in [0.2, 0.25) is 0 Å². The molecule has 0 aliphatic rings. The average molecular weight is 433 g/mol. The van der Waals surface area contributed by atoms with Crippen LogP contribution in [0.15, 0.2) is 42.5 Å². The lowest BCUT2D eigenvalue weighted by Gasteiger charge is -2.16. The first-order chi connectivity index (χ1) is 14.6. The number of hydrogen-bond donors (Lipinski definition) is 1. The van der Waals surface area contributed by atoms with Crippen LogP contribution >= 0.6 is 0 Å². The molecule has 3 rings (SSSR count). The standard InChI is InChI=1S/C22H22F3N3O3/c1-13-7-14(2)28(27-13)17-6-5-15(20(10-17)22(23,24)25)12-26-21(29)16-8-18(30-3)11-19(9-16)31-4/h5-11H,12H2,1-4H3,(H,26,29). The molecule has 0 atom stereocenters. The molecule has 0 spiro atoms. The second-order valence-electron chi connectivity index (χ2n) is 6.96. The first kappa shape index (κ1) is 22.2. The number of rotatable bonds is 6. The first-order valence-electron chi connectivity index (χ1n) is 9.37. The van der Waals surface area contributed by atoms with Gasteiger partial charge in [0.2, 0.25) is 0 Å². The molecule has 6 nitrogen and oxygen atoms in total. The van der Waals surface area contributed by atoms with E-state index in [4.69, 9.17) is 9.47 Å². The third kappa shape index (κ3) is 4.99. The van der Waals surface area contributed by atoms with Crippen LogP contribution in [0.4, 0.5) is 13.2 Å². The molecule has 1 aromatic heterocycles. The van der Waals surface area contributed by atoms with Crippen molar-refractivity contribution in [3.63, 3.8) is 0 Å². The molecule has 0 unspecified atom stereocenters. The average Bonchev–Trinajstić information content (AvgIpc) is 3.08. The topological polar surface area (TPSA) is 65.4 Å². The highest BCUT2D eigenvalue weighted by molar-refractivity contribution is 5.95. The Morgan fingerprint density at radius 2 is 1.68 bits per heavy atom. The van der Waals surface area contributed by atoms with Crippen molar-refractivity contribution < 1.29 is 27.4 Å². The lowest BCUT2D eigenvalue weighted by Crippen LogP contribution is -2.24. The van der Waals surface area contributed by atoms with Crippen molar-refractivity contribution in [3.8, 4) is 17.2 Å². The van der Waals surface area contributed by atoms with Gasteiger partial charge >= 0.3 is 6.18 Å². The van der Waals surface area contributed by atoms with E-state index in [9.17, 15) is 18.0 Å². The molecule has 1 heterocycles. The monoisotopic (exact) mass is 433 g/mol. The van der Waals surface area contributed by atoms with Gasteiger partial charge in [-0.3, -0.25) is 4.79 Å². The molecule has 1 N–H and O–H groups in total. The Kier molecular flexibility index (Phi) is 6.24. The van der Waals surface area contributed by atoms with Crippen molar-refractivity contribution in [2.45, 2.75) is 26.6 Å². The molecule has 0 radical (unpaired) electrons. The number of hydrogen-bond acceptors (Lipinski definition) is 4. The zero-order chi connectivity index (χ0) is 22.8. The van der Waals surface area contributed by atoms with Crippen LogP contribution in [0, 0.1) is 13.8 Å². The third-order valence-corrected chi connectivity index (χ3v) is 4.71. The summed E-state index contributed by atoms with van der Waals surface area (Å²) in [6.45, 7) is 3.24. The third-order valence-electron chi connectivity index (χ3n) is 4.71. The molecule has 0 saturated carbocycles. The van der Waals surface area contributed by atoms with Crippen LogP contribution in [-0.2, 0) is 12.7 Å². The minimum Gasteiger partial charge on any atom is -0.497 e. The van der Waals surface area contributed by atoms with Crippen molar-refractivity contribution in [3.05, 3.63) is 70.5 Å². The van der Waals surface area contributed by atoms with Gasteiger partial charge in [-0.1, -0.05) is 6.07 Å². The fourth-order valence-electron chi connectivity index (χ4n) is 3.22. The minimum atomic E-state index is -4.59. The smallest absolute Gasteiger partial charge is 0.416 e. The Balaban J connectivity index is 1.88. The van der Waals surface area contributed by atoms with E-state index in [1.165, 1.54) is 37.1 Å². The molecule has 9 heteroatoms. The van der Waals surface area contributed by atoms with Crippen molar-refractivity contribution in [2.24, 2.45) is 0 Å². The number of amides is 1. The summed E-state index contributed by atoms with van der Waals surface area (Å²) in [6, 6.07) is 10.3. The van der Waals surface area contributed by atoms with Crippen LogP contribution in [0.25, 0.3) is 5.69 Å². The highest BCUT2D eigenvalue weighted by atomic mass is 19.4. The number of carbonyl (C=O) groups excluding carboxylic acids is 1. The van der Waals surface area contributed by atoms with Crippen LogP contribution < -0.4 is 14.8 Å². The number of nitrogens with one attached hydrogen (secondary N) is 1. The number of alkyl halides is 3. The van der Waals surface area contributed by atoms with Crippen LogP contribution in [-0.4, -0.2) is 29.9 Å². The molecule has 164 valence electrons. The van der Waals surface area contributed by atoms with Crippen LogP contribution in [0.3, 0.4) is 0 Å². The summed E-state index contributed by atoms with van der Waals surface area (Å²) in [6.07, 6.45) is -4.59. The van der Waals surface area contributed by atoms with Crippen molar-refractivity contribution in [1.29, 1.82) is 0 Å². The maximum atomic E-state index is 13.7. The molecule has 2 aromatic carbocycles. The normalized spacial score (nSPS) is 11.3. The minimum absolute atomic E-state index is 0.0546. The Morgan fingerprint density at radius 3 is 2.19 bits per heavy atom. The predicted octanol–water partition coefficient (Wildman–Crippen LogP) is 4.46. The fourth-order valence-corrected chi connectivity index (χ4v) is 3.22. The van der Waals surface area contributed by atoms with E-state index in [0.29, 0.717) is 22.9 Å². The Morgan fingerprint density at radius 1 is 1.03 bits per heavy atom. The molecule has 0 aliphatic carbocycles. The number of aryl methyl sites for hydroxylation is 2. The molecule has 0 saturated heterocycles. The predicted molar refractivity (Wildman–Crippen MR) is 109 cm³/mol. The zero-order valence-corrected chi connectivity index (χ0v) is 17.5. The summed E-state index contributed by atoms with van der Waals surface area (Å²) in [5.74, 6) is 0.248. The SMILES string of the molecule is COc1cc(OC)cc(C(=O)NCc2ccc(-n3nc(C)cc3C)cc2C(F)(F)F)c1. The van der Waals surface area contributed by atoms with E-state index < -0.39 is 17.6 Å². The van der Waals surface area contributed by atoms with Gasteiger partial charge in [0.05, 0.1) is 31.2 Å².